The first-order chi connectivity index (χ1) is 11.3. The molecule has 0 unspecified atom stereocenters. The van der Waals surface area contributed by atoms with Gasteiger partial charge in [0.1, 0.15) is 11.4 Å². The van der Waals surface area contributed by atoms with E-state index >= 15 is 0 Å². The molecule has 0 spiro atoms. The van der Waals surface area contributed by atoms with Crippen LogP contribution in [0.3, 0.4) is 0 Å². The lowest BCUT2D eigenvalue weighted by Gasteiger charge is -2.07. The van der Waals surface area contributed by atoms with Gasteiger partial charge in [-0.25, -0.2) is 0 Å². The molecule has 1 aromatic heterocycles. The Hall–Kier alpha value is -1.81. The van der Waals surface area contributed by atoms with Gasteiger partial charge in [-0.2, -0.15) is 0 Å². The predicted octanol–water partition coefficient (Wildman–Crippen LogP) is 4.85. The molecule has 1 aromatic carbocycles. The number of ether oxygens (including phenoxy) is 1. The number of hydrogen-bond donors (Lipinski definition) is 1. The Bertz CT molecular complexity index is 576. The Morgan fingerprint density at radius 3 is 2.39 bits per heavy atom. The van der Waals surface area contributed by atoms with Gasteiger partial charge in [-0.1, -0.05) is 44.2 Å². The Labute approximate surface area is 139 Å². The molecule has 23 heavy (non-hydrogen) atoms. The van der Waals surface area contributed by atoms with E-state index in [1.54, 1.807) is 0 Å². The van der Waals surface area contributed by atoms with E-state index in [0.29, 0.717) is 6.54 Å². The second kappa shape index (κ2) is 9.36. The molecular weight excluding hydrogens is 288 g/mol. The van der Waals surface area contributed by atoms with E-state index in [0.717, 1.165) is 41.4 Å². The van der Waals surface area contributed by atoms with Crippen LogP contribution in [0.25, 0.3) is 11.3 Å². The first kappa shape index (κ1) is 17.5. The van der Waals surface area contributed by atoms with E-state index in [2.05, 4.69) is 12.1 Å². The number of unbranched alkanes of at least 4 members (excludes halogenated alkanes) is 5. The summed E-state index contributed by atoms with van der Waals surface area (Å²) in [6.45, 7) is 5.40. The molecule has 0 bridgehead atoms. The minimum absolute atomic E-state index is 0.398. The van der Waals surface area contributed by atoms with Crippen LogP contribution in [-0.2, 0) is 6.54 Å². The van der Waals surface area contributed by atoms with Gasteiger partial charge in [-0.3, -0.25) is 0 Å². The van der Waals surface area contributed by atoms with Crippen LogP contribution in [-0.4, -0.2) is 11.8 Å². The largest absolute Gasteiger partial charge is 0.494 e. The highest BCUT2D eigenvalue weighted by molar-refractivity contribution is 5.62. The Kier molecular flexibility index (Phi) is 7.14. The van der Waals surface area contributed by atoms with E-state index in [-0.39, 0.29) is 0 Å². The van der Waals surface area contributed by atoms with Gasteiger partial charge in [0, 0.05) is 17.7 Å². The molecule has 2 N–H and O–H groups in total. The van der Waals surface area contributed by atoms with Crippen LogP contribution in [0.4, 0.5) is 0 Å². The van der Waals surface area contributed by atoms with Crippen molar-refractivity contribution in [1.82, 2.24) is 5.16 Å². The summed E-state index contributed by atoms with van der Waals surface area (Å²) in [5, 5.41) is 3.99. The summed E-state index contributed by atoms with van der Waals surface area (Å²) in [5.74, 6) is 1.69. The highest BCUT2D eigenvalue weighted by Gasteiger charge is 2.12. The van der Waals surface area contributed by atoms with Crippen LogP contribution in [0.2, 0.25) is 0 Å². The van der Waals surface area contributed by atoms with Crippen molar-refractivity contribution < 1.29 is 9.26 Å². The summed E-state index contributed by atoms with van der Waals surface area (Å²) in [6, 6.07) is 7.97. The molecule has 0 aliphatic rings. The normalized spacial score (nSPS) is 10.9. The van der Waals surface area contributed by atoms with Crippen LogP contribution in [0.15, 0.2) is 28.8 Å². The number of rotatable bonds is 10. The van der Waals surface area contributed by atoms with Gasteiger partial charge in [0.25, 0.3) is 0 Å². The maximum atomic E-state index is 5.79. The number of aromatic nitrogens is 1. The molecule has 1 heterocycles. The molecule has 0 aliphatic heterocycles. The molecule has 0 saturated heterocycles. The molecule has 0 saturated carbocycles. The lowest BCUT2D eigenvalue weighted by Crippen LogP contribution is -1.98. The monoisotopic (exact) mass is 316 g/mol. The van der Waals surface area contributed by atoms with Crippen LogP contribution >= 0.6 is 0 Å². The van der Waals surface area contributed by atoms with E-state index in [1.165, 1.54) is 32.1 Å². The quantitative estimate of drug-likeness (QED) is 0.637. The molecular formula is C19H28N2O2. The molecule has 126 valence electrons. The van der Waals surface area contributed by atoms with Crippen molar-refractivity contribution in [2.75, 3.05) is 6.61 Å². The maximum Gasteiger partial charge on any atom is 0.170 e. The van der Waals surface area contributed by atoms with Gasteiger partial charge in [-0.05, 0) is 37.6 Å². The smallest absolute Gasteiger partial charge is 0.170 e. The minimum Gasteiger partial charge on any atom is -0.494 e. The molecule has 2 aromatic rings. The van der Waals surface area contributed by atoms with Crippen LogP contribution in [0, 0.1) is 6.92 Å². The fraction of sp³-hybridized carbons (Fsp3) is 0.526. The summed E-state index contributed by atoms with van der Waals surface area (Å²) in [7, 11) is 0. The molecule has 0 fully saturated rings. The minimum atomic E-state index is 0.398. The van der Waals surface area contributed by atoms with E-state index in [4.69, 9.17) is 15.0 Å². The SMILES string of the molecule is CCCCCCCCOc1ccc(-c2onc(CN)c2C)cc1. The predicted molar refractivity (Wildman–Crippen MR) is 93.4 cm³/mol. The summed E-state index contributed by atoms with van der Waals surface area (Å²) in [4.78, 5) is 0. The van der Waals surface area contributed by atoms with Crippen molar-refractivity contribution in [2.45, 2.75) is 58.9 Å². The summed E-state index contributed by atoms with van der Waals surface area (Å²) >= 11 is 0. The average molecular weight is 316 g/mol. The molecule has 4 heteroatoms. The highest BCUT2D eigenvalue weighted by atomic mass is 16.5. The molecule has 4 nitrogen and oxygen atoms in total. The van der Waals surface area contributed by atoms with Crippen LogP contribution in [0.5, 0.6) is 5.75 Å². The molecule has 0 radical (unpaired) electrons. The molecule has 0 aliphatic carbocycles. The number of benzene rings is 1. The van der Waals surface area contributed by atoms with E-state index in [1.807, 2.05) is 31.2 Å². The Morgan fingerprint density at radius 1 is 1.04 bits per heavy atom. The third-order valence-corrected chi connectivity index (χ3v) is 4.10. The molecule has 0 amide bonds. The Balaban J connectivity index is 1.79. The number of nitrogens with two attached hydrogens (primary N) is 1. The van der Waals surface area contributed by atoms with Crippen LogP contribution in [0.1, 0.15) is 56.7 Å². The third kappa shape index (κ3) is 5.10. The third-order valence-electron chi connectivity index (χ3n) is 4.10. The average Bonchev–Trinajstić information content (AvgIpc) is 2.95. The summed E-state index contributed by atoms with van der Waals surface area (Å²) in [6.07, 6.45) is 7.65. The second-order valence-electron chi connectivity index (χ2n) is 5.93. The molecule has 2 rings (SSSR count). The van der Waals surface area contributed by atoms with E-state index < -0.39 is 0 Å². The topological polar surface area (TPSA) is 61.3 Å². The number of nitrogens with zero attached hydrogens (tertiary/aromatic N) is 1. The Morgan fingerprint density at radius 2 is 1.74 bits per heavy atom. The summed E-state index contributed by atoms with van der Waals surface area (Å²) in [5.41, 5.74) is 8.45. The first-order valence-electron chi connectivity index (χ1n) is 8.64. The summed E-state index contributed by atoms with van der Waals surface area (Å²) < 4.78 is 11.2. The van der Waals surface area contributed by atoms with Crippen molar-refractivity contribution in [2.24, 2.45) is 5.73 Å². The van der Waals surface area contributed by atoms with Gasteiger partial charge in [0.05, 0.1) is 6.61 Å². The fourth-order valence-corrected chi connectivity index (χ4v) is 2.60. The molecule has 0 atom stereocenters. The van der Waals surface area contributed by atoms with Gasteiger partial charge in [0.2, 0.25) is 0 Å². The van der Waals surface area contributed by atoms with E-state index in [9.17, 15) is 0 Å². The van der Waals surface area contributed by atoms with Crippen molar-refractivity contribution in [1.29, 1.82) is 0 Å². The van der Waals surface area contributed by atoms with Gasteiger partial charge < -0.3 is 15.0 Å². The standard InChI is InChI=1S/C19H28N2O2/c1-3-4-5-6-7-8-13-22-17-11-9-16(10-12-17)19-15(2)18(14-20)21-23-19/h9-12H,3-8,13-14,20H2,1-2H3. The first-order valence-corrected chi connectivity index (χ1v) is 8.64. The zero-order chi connectivity index (χ0) is 16.5. The zero-order valence-corrected chi connectivity index (χ0v) is 14.3. The number of hydrogen-bond acceptors (Lipinski definition) is 4. The van der Waals surface area contributed by atoms with Crippen molar-refractivity contribution in [3.8, 4) is 17.1 Å². The fourth-order valence-electron chi connectivity index (χ4n) is 2.60. The van der Waals surface area contributed by atoms with Gasteiger partial charge in [-0.15, -0.1) is 0 Å². The van der Waals surface area contributed by atoms with Crippen molar-refractivity contribution in [3.63, 3.8) is 0 Å². The lowest BCUT2D eigenvalue weighted by molar-refractivity contribution is 0.304. The lowest BCUT2D eigenvalue weighted by atomic mass is 10.1. The maximum absolute atomic E-state index is 5.79. The van der Waals surface area contributed by atoms with Crippen molar-refractivity contribution >= 4 is 0 Å². The van der Waals surface area contributed by atoms with Gasteiger partial charge >= 0.3 is 0 Å². The second-order valence-corrected chi connectivity index (χ2v) is 5.93. The highest BCUT2D eigenvalue weighted by Crippen LogP contribution is 2.27. The van der Waals surface area contributed by atoms with Crippen LogP contribution < -0.4 is 10.5 Å². The zero-order valence-electron chi connectivity index (χ0n) is 14.3. The van der Waals surface area contributed by atoms with Crippen molar-refractivity contribution in [3.05, 3.63) is 35.5 Å². The van der Waals surface area contributed by atoms with Gasteiger partial charge in [0.15, 0.2) is 5.76 Å².